The molecule has 2 aromatic carbocycles. The number of alkyl halides is 3. The van der Waals surface area contributed by atoms with Crippen LogP contribution in [-0.2, 0) is 23.2 Å². The largest absolute Gasteiger partial charge is 0.419 e. The number of hydrogen-bond acceptors (Lipinski definition) is 4. The van der Waals surface area contributed by atoms with Gasteiger partial charge in [0.05, 0.1) is 11.9 Å². The molecule has 1 saturated heterocycles. The lowest BCUT2D eigenvalue weighted by atomic mass is 9.94. The Morgan fingerprint density at radius 1 is 1.09 bits per heavy atom. The highest BCUT2D eigenvalue weighted by Gasteiger charge is 2.41. The van der Waals surface area contributed by atoms with Gasteiger partial charge in [-0.3, -0.25) is 0 Å². The van der Waals surface area contributed by atoms with Crippen molar-refractivity contribution in [3.63, 3.8) is 0 Å². The van der Waals surface area contributed by atoms with Crippen LogP contribution in [0.15, 0.2) is 66.1 Å². The molecule has 170 valence electrons. The van der Waals surface area contributed by atoms with Crippen LogP contribution in [-0.4, -0.2) is 41.4 Å². The quantitative estimate of drug-likeness (QED) is 0.578. The third-order valence-corrected chi connectivity index (χ3v) is 7.14. The van der Waals surface area contributed by atoms with E-state index in [1.165, 1.54) is 27.5 Å². The standard InChI is InChI=1S/C21H20F4N4O2S/c1-28-12-20(26-13-28)32(30,31)29-10-16(14-5-3-2-4-6-14)19(11-29)27-15-7-8-18(22)17(9-15)21(23,24)25/h2-9,12-13,16,19,27H,10-11H2,1H3/t16-,19+/m0/s1. The van der Waals surface area contributed by atoms with Gasteiger partial charge in [-0.05, 0) is 23.8 Å². The first-order valence-corrected chi connectivity index (χ1v) is 11.2. The SMILES string of the molecule is Cn1cnc(S(=O)(=O)N2C[C@@H](Nc3ccc(F)c(C(F)(F)F)c3)[C@H](c3ccccc3)C2)c1. The molecule has 0 radical (unpaired) electrons. The predicted octanol–water partition coefficient (Wildman–Crippen LogP) is 3.85. The minimum absolute atomic E-state index is 0.0111. The highest BCUT2D eigenvalue weighted by molar-refractivity contribution is 7.89. The van der Waals surface area contributed by atoms with E-state index >= 15 is 0 Å². The number of hydrogen-bond donors (Lipinski definition) is 1. The first-order chi connectivity index (χ1) is 15.1. The summed E-state index contributed by atoms with van der Waals surface area (Å²) < 4.78 is 82.0. The lowest BCUT2D eigenvalue weighted by Gasteiger charge is -2.22. The predicted molar refractivity (Wildman–Crippen MR) is 110 cm³/mol. The Morgan fingerprint density at radius 3 is 2.44 bits per heavy atom. The van der Waals surface area contributed by atoms with E-state index < -0.39 is 33.6 Å². The summed E-state index contributed by atoms with van der Waals surface area (Å²) in [5, 5.41) is 2.89. The number of rotatable bonds is 5. The van der Waals surface area contributed by atoms with Crippen molar-refractivity contribution < 1.29 is 26.0 Å². The van der Waals surface area contributed by atoms with Gasteiger partial charge >= 0.3 is 6.18 Å². The summed E-state index contributed by atoms with van der Waals surface area (Å²) in [5.41, 5.74) is -0.488. The van der Waals surface area contributed by atoms with E-state index in [9.17, 15) is 26.0 Å². The van der Waals surface area contributed by atoms with Crippen molar-refractivity contribution in [3.05, 3.63) is 78.0 Å². The number of sulfonamides is 1. The molecule has 0 aliphatic carbocycles. The van der Waals surface area contributed by atoms with E-state index in [2.05, 4.69) is 10.3 Å². The van der Waals surface area contributed by atoms with Crippen LogP contribution in [0, 0.1) is 5.82 Å². The fraction of sp³-hybridized carbons (Fsp3) is 0.286. The topological polar surface area (TPSA) is 67.2 Å². The molecular weight excluding hydrogens is 448 g/mol. The number of imidazole rings is 1. The summed E-state index contributed by atoms with van der Waals surface area (Å²) in [5.74, 6) is -1.71. The van der Waals surface area contributed by atoms with Gasteiger partial charge in [0.25, 0.3) is 10.0 Å². The van der Waals surface area contributed by atoms with Gasteiger partial charge in [-0.15, -0.1) is 0 Å². The van der Waals surface area contributed by atoms with E-state index in [0.717, 1.165) is 11.6 Å². The Bertz CT molecular complexity index is 1210. The zero-order valence-electron chi connectivity index (χ0n) is 16.9. The minimum atomic E-state index is -4.84. The van der Waals surface area contributed by atoms with Crippen molar-refractivity contribution in [1.29, 1.82) is 0 Å². The Hall–Kier alpha value is -2.92. The molecule has 11 heteroatoms. The van der Waals surface area contributed by atoms with Gasteiger partial charge in [0.15, 0.2) is 5.03 Å². The molecule has 0 amide bonds. The first-order valence-electron chi connectivity index (χ1n) is 9.72. The van der Waals surface area contributed by atoms with E-state index in [-0.39, 0.29) is 29.7 Å². The number of aromatic nitrogens is 2. The minimum Gasteiger partial charge on any atom is -0.380 e. The summed E-state index contributed by atoms with van der Waals surface area (Å²) in [6.07, 6.45) is -2.07. The van der Waals surface area contributed by atoms with Crippen molar-refractivity contribution in [2.45, 2.75) is 23.2 Å². The van der Waals surface area contributed by atoms with Crippen LogP contribution in [0.4, 0.5) is 23.2 Å². The van der Waals surface area contributed by atoms with Gasteiger partial charge < -0.3 is 9.88 Å². The lowest BCUT2D eigenvalue weighted by molar-refractivity contribution is -0.139. The molecule has 32 heavy (non-hydrogen) atoms. The smallest absolute Gasteiger partial charge is 0.380 e. The molecule has 3 aromatic rings. The van der Waals surface area contributed by atoms with Gasteiger partial charge in [-0.2, -0.15) is 17.5 Å². The summed E-state index contributed by atoms with van der Waals surface area (Å²) in [6.45, 7) is 0.130. The molecule has 2 atom stereocenters. The second-order valence-corrected chi connectivity index (χ2v) is 9.54. The Balaban J connectivity index is 1.66. The molecule has 0 spiro atoms. The summed E-state index contributed by atoms with van der Waals surface area (Å²) in [7, 11) is -2.25. The summed E-state index contributed by atoms with van der Waals surface area (Å²) >= 11 is 0. The average molecular weight is 468 g/mol. The molecule has 6 nitrogen and oxygen atoms in total. The van der Waals surface area contributed by atoms with Crippen LogP contribution in [0.5, 0.6) is 0 Å². The number of benzene rings is 2. The first kappa shape index (κ1) is 22.3. The zero-order chi connectivity index (χ0) is 23.1. The van der Waals surface area contributed by atoms with Crippen LogP contribution >= 0.6 is 0 Å². The van der Waals surface area contributed by atoms with E-state index in [0.29, 0.717) is 6.07 Å². The van der Waals surface area contributed by atoms with Crippen LogP contribution in [0.25, 0.3) is 0 Å². The second-order valence-electron chi connectivity index (χ2n) is 7.66. The van der Waals surface area contributed by atoms with Crippen LogP contribution in [0.2, 0.25) is 0 Å². The van der Waals surface area contributed by atoms with Crippen LogP contribution < -0.4 is 5.32 Å². The molecule has 1 aliphatic heterocycles. The van der Waals surface area contributed by atoms with Gasteiger partial charge in [0.1, 0.15) is 5.82 Å². The van der Waals surface area contributed by atoms with Gasteiger partial charge in [0.2, 0.25) is 0 Å². The van der Waals surface area contributed by atoms with Crippen molar-refractivity contribution in [2.75, 3.05) is 18.4 Å². The number of aryl methyl sites for hydroxylation is 1. The lowest BCUT2D eigenvalue weighted by Crippen LogP contribution is -2.32. The summed E-state index contributed by atoms with van der Waals surface area (Å²) in [6, 6.07) is 11.2. The fourth-order valence-corrected chi connectivity index (χ4v) is 5.31. The second kappa shape index (κ2) is 8.21. The molecule has 1 aliphatic rings. The highest BCUT2D eigenvalue weighted by Crippen LogP contribution is 2.36. The molecular formula is C21H20F4N4O2S. The van der Waals surface area contributed by atoms with E-state index in [1.807, 2.05) is 30.3 Å². The number of nitrogens with one attached hydrogen (secondary N) is 1. The molecule has 1 N–H and O–H groups in total. The van der Waals surface area contributed by atoms with Crippen molar-refractivity contribution >= 4 is 15.7 Å². The molecule has 4 rings (SSSR count). The van der Waals surface area contributed by atoms with Crippen molar-refractivity contribution in [1.82, 2.24) is 13.9 Å². The van der Waals surface area contributed by atoms with Crippen LogP contribution in [0.3, 0.4) is 0 Å². The van der Waals surface area contributed by atoms with Gasteiger partial charge in [-0.1, -0.05) is 30.3 Å². The summed E-state index contributed by atoms with van der Waals surface area (Å²) in [4.78, 5) is 3.93. The third-order valence-electron chi connectivity index (χ3n) is 5.42. The third kappa shape index (κ3) is 4.35. The van der Waals surface area contributed by atoms with Gasteiger partial charge in [-0.25, -0.2) is 17.8 Å². The number of nitrogens with zero attached hydrogens (tertiary/aromatic N) is 3. The molecule has 1 aromatic heterocycles. The Morgan fingerprint density at radius 2 is 1.81 bits per heavy atom. The molecule has 0 bridgehead atoms. The Kier molecular flexibility index (Phi) is 5.72. The van der Waals surface area contributed by atoms with E-state index in [4.69, 9.17) is 0 Å². The zero-order valence-corrected chi connectivity index (χ0v) is 17.7. The maximum atomic E-state index is 13.7. The van der Waals surface area contributed by atoms with Crippen LogP contribution in [0.1, 0.15) is 17.0 Å². The van der Waals surface area contributed by atoms with Crippen molar-refractivity contribution in [2.24, 2.45) is 7.05 Å². The Labute approximate surface area is 182 Å². The number of anilines is 1. The maximum absolute atomic E-state index is 13.7. The maximum Gasteiger partial charge on any atom is 0.419 e. The monoisotopic (exact) mass is 468 g/mol. The molecule has 2 heterocycles. The molecule has 0 unspecified atom stereocenters. The van der Waals surface area contributed by atoms with Gasteiger partial charge in [0, 0.05) is 44.0 Å². The molecule has 0 saturated carbocycles. The molecule has 1 fully saturated rings. The van der Waals surface area contributed by atoms with E-state index in [1.54, 1.807) is 7.05 Å². The highest BCUT2D eigenvalue weighted by atomic mass is 32.2. The van der Waals surface area contributed by atoms with Crippen molar-refractivity contribution in [3.8, 4) is 0 Å². The normalized spacial score (nSPS) is 19.9. The number of halogens is 4. The fourth-order valence-electron chi connectivity index (χ4n) is 3.85. The average Bonchev–Trinajstić information content (AvgIpc) is 3.36.